The summed E-state index contributed by atoms with van der Waals surface area (Å²) in [5, 5.41) is 10.5. The summed E-state index contributed by atoms with van der Waals surface area (Å²) in [5.41, 5.74) is 1.11. The van der Waals surface area contributed by atoms with Crippen LogP contribution < -0.4 is 0 Å². The molecule has 0 heterocycles. The summed E-state index contributed by atoms with van der Waals surface area (Å²) in [5.74, 6) is 0. The summed E-state index contributed by atoms with van der Waals surface area (Å²) >= 11 is 0. The highest BCUT2D eigenvalue weighted by molar-refractivity contribution is 7.85. The Bertz CT molecular complexity index is 422. The van der Waals surface area contributed by atoms with Crippen molar-refractivity contribution in [3.8, 4) is 0 Å². The molecule has 0 fully saturated rings. The van der Waals surface area contributed by atoms with Crippen molar-refractivity contribution in [1.82, 2.24) is 0 Å². The van der Waals surface area contributed by atoms with E-state index in [1.807, 2.05) is 0 Å². The van der Waals surface area contributed by atoms with E-state index in [1.54, 1.807) is 13.0 Å². The molecule has 5 heteroatoms. The SMILES string of the molecule is Cc1cccc(S(=O)(=O)O)c1CC[O]. The molecule has 77 valence electrons. The number of rotatable bonds is 3. The molecule has 1 aromatic rings. The zero-order chi connectivity index (χ0) is 10.8. The Kier molecular flexibility index (Phi) is 3.25. The van der Waals surface area contributed by atoms with E-state index >= 15 is 0 Å². The lowest BCUT2D eigenvalue weighted by Crippen LogP contribution is -2.06. The molecule has 1 aromatic carbocycles. The van der Waals surface area contributed by atoms with Crippen LogP contribution in [0.2, 0.25) is 0 Å². The Hall–Kier alpha value is -0.910. The van der Waals surface area contributed by atoms with Gasteiger partial charge < -0.3 is 0 Å². The maximum atomic E-state index is 10.9. The average molecular weight is 215 g/mol. The van der Waals surface area contributed by atoms with Crippen LogP contribution in [0.1, 0.15) is 11.1 Å². The van der Waals surface area contributed by atoms with E-state index in [0.29, 0.717) is 11.1 Å². The fraction of sp³-hybridized carbons (Fsp3) is 0.333. The minimum atomic E-state index is -4.22. The highest BCUT2D eigenvalue weighted by atomic mass is 32.2. The van der Waals surface area contributed by atoms with E-state index in [9.17, 15) is 13.5 Å². The van der Waals surface area contributed by atoms with Crippen LogP contribution in [0, 0.1) is 6.92 Å². The van der Waals surface area contributed by atoms with Gasteiger partial charge in [0.25, 0.3) is 10.1 Å². The third-order valence-corrected chi connectivity index (χ3v) is 2.94. The molecule has 1 rings (SSSR count). The van der Waals surface area contributed by atoms with Crippen LogP contribution in [-0.4, -0.2) is 19.6 Å². The van der Waals surface area contributed by atoms with Gasteiger partial charge in [-0.2, -0.15) is 8.42 Å². The largest absolute Gasteiger partial charge is 0.294 e. The van der Waals surface area contributed by atoms with Crippen LogP contribution in [-0.2, 0) is 21.6 Å². The van der Waals surface area contributed by atoms with Crippen molar-refractivity contribution in [2.75, 3.05) is 6.61 Å². The molecule has 0 unspecified atom stereocenters. The first-order valence-electron chi connectivity index (χ1n) is 4.11. The maximum absolute atomic E-state index is 10.9. The van der Waals surface area contributed by atoms with Gasteiger partial charge in [0.05, 0.1) is 11.5 Å². The molecule has 4 nitrogen and oxygen atoms in total. The summed E-state index contributed by atoms with van der Waals surface area (Å²) < 4.78 is 30.8. The molecule has 0 aliphatic carbocycles. The van der Waals surface area contributed by atoms with Gasteiger partial charge in [0, 0.05) is 6.42 Å². The average Bonchev–Trinajstić information content (AvgIpc) is 2.07. The Morgan fingerprint density at radius 1 is 1.36 bits per heavy atom. The molecule has 1 N–H and O–H groups in total. The molecule has 0 aliphatic heterocycles. The van der Waals surface area contributed by atoms with Crippen molar-refractivity contribution >= 4 is 10.1 Å². The summed E-state index contributed by atoms with van der Waals surface area (Å²) in [6, 6.07) is 4.54. The Balaban J connectivity index is 3.36. The van der Waals surface area contributed by atoms with E-state index < -0.39 is 16.7 Å². The molecular formula is C9H11O4S. The Morgan fingerprint density at radius 2 is 2.00 bits per heavy atom. The van der Waals surface area contributed by atoms with Gasteiger partial charge in [-0.3, -0.25) is 4.55 Å². The van der Waals surface area contributed by atoms with Gasteiger partial charge in [0.1, 0.15) is 0 Å². The van der Waals surface area contributed by atoms with Crippen LogP contribution >= 0.6 is 0 Å². The lowest BCUT2D eigenvalue weighted by Gasteiger charge is -2.07. The molecule has 0 spiro atoms. The van der Waals surface area contributed by atoms with Gasteiger partial charge in [0.2, 0.25) is 0 Å². The number of aryl methyl sites for hydroxylation is 1. The number of benzene rings is 1. The van der Waals surface area contributed by atoms with Gasteiger partial charge in [-0.15, -0.1) is 0 Å². The second-order valence-electron chi connectivity index (χ2n) is 2.98. The van der Waals surface area contributed by atoms with Crippen molar-refractivity contribution in [2.45, 2.75) is 18.2 Å². The van der Waals surface area contributed by atoms with Crippen LogP contribution in [0.3, 0.4) is 0 Å². The minimum Gasteiger partial charge on any atom is -0.282 e. The summed E-state index contributed by atoms with van der Waals surface area (Å²) in [7, 11) is -4.22. The third kappa shape index (κ3) is 2.31. The molecule has 0 amide bonds. The van der Waals surface area contributed by atoms with Gasteiger partial charge in [-0.1, -0.05) is 12.1 Å². The lowest BCUT2D eigenvalue weighted by molar-refractivity contribution is 0.196. The van der Waals surface area contributed by atoms with Crippen LogP contribution in [0.4, 0.5) is 0 Å². The maximum Gasteiger partial charge on any atom is 0.294 e. The number of hydrogen-bond acceptors (Lipinski definition) is 2. The second-order valence-corrected chi connectivity index (χ2v) is 4.37. The predicted molar refractivity (Wildman–Crippen MR) is 50.3 cm³/mol. The smallest absolute Gasteiger partial charge is 0.282 e. The normalized spacial score (nSPS) is 11.6. The second kappa shape index (κ2) is 4.08. The standard InChI is InChI=1S/C9H11O4S/c1-7-3-2-4-9(14(11,12)13)8(7)5-6-10/h2-4H,5-6H2,1H3,(H,11,12,13). The van der Waals surface area contributed by atoms with Gasteiger partial charge in [-0.05, 0) is 24.1 Å². The Labute approximate surface area is 82.9 Å². The quantitative estimate of drug-likeness (QED) is 0.770. The zero-order valence-electron chi connectivity index (χ0n) is 7.73. The van der Waals surface area contributed by atoms with Crippen molar-refractivity contribution < 1.29 is 18.1 Å². The predicted octanol–water partition coefficient (Wildman–Crippen LogP) is 1.21. The highest BCUT2D eigenvalue weighted by Crippen LogP contribution is 2.19. The van der Waals surface area contributed by atoms with Crippen molar-refractivity contribution in [3.05, 3.63) is 29.3 Å². The fourth-order valence-electron chi connectivity index (χ4n) is 1.34. The van der Waals surface area contributed by atoms with E-state index in [0.717, 1.165) is 0 Å². The molecule has 0 aliphatic rings. The molecule has 0 saturated heterocycles. The highest BCUT2D eigenvalue weighted by Gasteiger charge is 2.15. The van der Waals surface area contributed by atoms with Crippen LogP contribution in [0.25, 0.3) is 0 Å². The monoisotopic (exact) mass is 215 g/mol. The van der Waals surface area contributed by atoms with Gasteiger partial charge in [-0.25, -0.2) is 5.11 Å². The summed E-state index contributed by atoms with van der Waals surface area (Å²) in [6.07, 6.45) is 0.113. The van der Waals surface area contributed by atoms with Crippen molar-refractivity contribution in [3.63, 3.8) is 0 Å². The summed E-state index contributed by atoms with van der Waals surface area (Å²) in [6.45, 7) is 1.31. The first-order valence-corrected chi connectivity index (χ1v) is 5.55. The lowest BCUT2D eigenvalue weighted by atomic mass is 10.1. The molecule has 0 aromatic heterocycles. The summed E-state index contributed by atoms with van der Waals surface area (Å²) in [4.78, 5) is -0.159. The van der Waals surface area contributed by atoms with Crippen molar-refractivity contribution in [1.29, 1.82) is 0 Å². The van der Waals surface area contributed by atoms with Crippen LogP contribution in [0.5, 0.6) is 0 Å². The molecule has 0 bridgehead atoms. The first-order chi connectivity index (χ1) is 6.46. The fourth-order valence-corrected chi connectivity index (χ4v) is 2.16. The van der Waals surface area contributed by atoms with E-state index in [-0.39, 0.29) is 11.3 Å². The van der Waals surface area contributed by atoms with E-state index in [4.69, 9.17) is 4.55 Å². The molecule has 0 saturated carbocycles. The number of hydrogen-bond donors (Lipinski definition) is 1. The Morgan fingerprint density at radius 3 is 2.50 bits per heavy atom. The van der Waals surface area contributed by atoms with Gasteiger partial charge in [0.15, 0.2) is 0 Å². The van der Waals surface area contributed by atoms with Crippen LogP contribution in [0.15, 0.2) is 23.1 Å². The van der Waals surface area contributed by atoms with E-state index in [2.05, 4.69) is 0 Å². The van der Waals surface area contributed by atoms with E-state index in [1.165, 1.54) is 12.1 Å². The topological polar surface area (TPSA) is 74.3 Å². The molecule has 0 atom stereocenters. The molecular weight excluding hydrogens is 204 g/mol. The third-order valence-electron chi connectivity index (χ3n) is 2.00. The molecule has 14 heavy (non-hydrogen) atoms. The molecule has 1 radical (unpaired) electrons. The zero-order valence-corrected chi connectivity index (χ0v) is 8.54. The minimum absolute atomic E-state index is 0.113. The van der Waals surface area contributed by atoms with Crippen molar-refractivity contribution in [2.24, 2.45) is 0 Å². The van der Waals surface area contributed by atoms with Gasteiger partial charge >= 0.3 is 0 Å². The first kappa shape index (κ1) is 11.2.